The van der Waals surface area contributed by atoms with E-state index in [1.165, 1.54) is 12.1 Å². The molecule has 0 saturated carbocycles. The number of tetrazole rings is 1. The van der Waals surface area contributed by atoms with Gasteiger partial charge in [-0.15, -0.1) is 5.10 Å². The number of amides is 1. The second-order valence-electron chi connectivity index (χ2n) is 8.80. The third kappa shape index (κ3) is 3.30. The standard InChI is InChI=1S/C20H26FN5O2/c1-19(2,3)26-17(22-23-24-26)16-12-20(7-9-28-10-8-20)18(27)25(16)13-14-5-4-6-15(21)11-14/h4-6,11,16H,7-10,12-13H2,1-3H3. The molecule has 150 valence electrons. The Hall–Kier alpha value is -2.35. The van der Waals surface area contributed by atoms with Crippen LogP contribution in [0.1, 0.15) is 57.5 Å². The normalized spacial score (nSPS) is 22.2. The summed E-state index contributed by atoms with van der Waals surface area (Å²) in [5.41, 5.74) is 0.000166. The van der Waals surface area contributed by atoms with E-state index in [9.17, 15) is 9.18 Å². The number of rotatable bonds is 3. The van der Waals surface area contributed by atoms with E-state index >= 15 is 0 Å². The Morgan fingerprint density at radius 2 is 2.04 bits per heavy atom. The van der Waals surface area contributed by atoms with Crippen LogP contribution in [-0.2, 0) is 21.6 Å². The van der Waals surface area contributed by atoms with E-state index < -0.39 is 5.41 Å². The van der Waals surface area contributed by atoms with Crippen molar-refractivity contribution in [3.8, 4) is 0 Å². The molecule has 2 aliphatic heterocycles. The summed E-state index contributed by atoms with van der Waals surface area (Å²) in [7, 11) is 0. The molecule has 2 saturated heterocycles. The maximum Gasteiger partial charge on any atom is 0.229 e. The van der Waals surface area contributed by atoms with E-state index in [4.69, 9.17) is 4.74 Å². The Balaban J connectivity index is 1.73. The first kappa shape index (κ1) is 19.0. The predicted molar refractivity (Wildman–Crippen MR) is 99.6 cm³/mol. The highest BCUT2D eigenvalue weighted by Crippen LogP contribution is 2.50. The Morgan fingerprint density at radius 3 is 2.71 bits per heavy atom. The van der Waals surface area contributed by atoms with Crippen LogP contribution in [0.5, 0.6) is 0 Å². The lowest BCUT2D eigenvalue weighted by Crippen LogP contribution is -2.39. The van der Waals surface area contributed by atoms with Crippen molar-refractivity contribution in [2.75, 3.05) is 13.2 Å². The zero-order chi connectivity index (χ0) is 19.9. The fourth-order valence-corrected chi connectivity index (χ4v) is 4.32. The molecule has 0 radical (unpaired) electrons. The molecule has 1 atom stereocenters. The molecule has 2 aliphatic rings. The molecule has 0 aliphatic carbocycles. The minimum absolute atomic E-state index is 0.0912. The lowest BCUT2D eigenvalue weighted by molar-refractivity contribution is -0.141. The Bertz CT molecular complexity index is 869. The molecule has 1 spiro atoms. The van der Waals surface area contributed by atoms with Crippen molar-refractivity contribution < 1.29 is 13.9 Å². The zero-order valence-corrected chi connectivity index (χ0v) is 16.6. The summed E-state index contributed by atoms with van der Waals surface area (Å²) in [5.74, 6) is 0.468. The first-order valence-electron chi connectivity index (χ1n) is 9.72. The van der Waals surface area contributed by atoms with Gasteiger partial charge in [0.2, 0.25) is 5.91 Å². The van der Waals surface area contributed by atoms with Crippen LogP contribution in [0.3, 0.4) is 0 Å². The van der Waals surface area contributed by atoms with Crippen LogP contribution < -0.4 is 0 Å². The van der Waals surface area contributed by atoms with Crippen LogP contribution in [-0.4, -0.2) is 44.2 Å². The van der Waals surface area contributed by atoms with Gasteiger partial charge in [-0.05, 0) is 68.2 Å². The van der Waals surface area contributed by atoms with E-state index in [1.54, 1.807) is 10.7 Å². The van der Waals surface area contributed by atoms with Gasteiger partial charge in [0.15, 0.2) is 5.82 Å². The molecular weight excluding hydrogens is 361 g/mol. The number of hydrogen-bond donors (Lipinski definition) is 0. The SMILES string of the molecule is CC(C)(C)n1nnnc1C1CC2(CCOCC2)C(=O)N1Cc1cccc(F)c1. The van der Waals surface area contributed by atoms with Gasteiger partial charge in [0.25, 0.3) is 0 Å². The van der Waals surface area contributed by atoms with Gasteiger partial charge >= 0.3 is 0 Å². The summed E-state index contributed by atoms with van der Waals surface area (Å²) in [4.78, 5) is 15.4. The van der Waals surface area contributed by atoms with Crippen molar-refractivity contribution in [1.82, 2.24) is 25.1 Å². The van der Waals surface area contributed by atoms with Crippen molar-refractivity contribution in [3.05, 3.63) is 41.5 Å². The largest absolute Gasteiger partial charge is 0.381 e. The van der Waals surface area contributed by atoms with E-state index in [-0.39, 0.29) is 23.3 Å². The molecule has 1 unspecified atom stereocenters. The third-order valence-electron chi connectivity index (χ3n) is 5.79. The molecule has 0 bridgehead atoms. The van der Waals surface area contributed by atoms with Crippen molar-refractivity contribution in [2.45, 2.75) is 58.2 Å². The summed E-state index contributed by atoms with van der Waals surface area (Å²) >= 11 is 0. The zero-order valence-electron chi connectivity index (χ0n) is 16.6. The van der Waals surface area contributed by atoms with Crippen LogP contribution >= 0.6 is 0 Å². The van der Waals surface area contributed by atoms with E-state index in [2.05, 4.69) is 15.5 Å². The fourth-order valence-electron chi connectivity index (χ4n) is 4.32. The van der Waals surface area contributed by atoms with E-state index in [1.807, 2.05) is 31.7 Å². The number of likely N-dealkylation sites (tertiary alicyclic amines) is 1. The molecule has 8 heteroatoms. The van der Waals surface area contributed by atoms with Crippen LogP contribution in [0.25, 0.3) is 0 Å². The number of ether oxygens (including phenoxy) is 1. The Kier molecular flexibility index (Phi) is 4.69. The number of nitrogens with zero attached hydrogens (tertiary/aromatic N) is 5. The van der Waals surface area contributed by atoms with Crippen LogP contribution in [0.2, 0.25) is 0 Å². The molecule has 1 aromatic heterocycles. The average Bonchev–Trinajstić information content (AvgIpc) is 3.22. The second-order valence-corrected chi connectivity index (χ2v) is 8.80. The summed E-state index contributed by atoms with van der Waals surface area (Å²) in [5, 5.41) is 12.4. The minimum Gasteiger partial charge on any atom is -0.381 e. The summed E-state index contributed by atoms with van der Waals surface area (Å²) in [6, 6.07) is 6.15. The van der Waals surface area contributed by atoms with Gasteiger partial charge in [-0.2, -0.15) is 0 Å². The molecule has 7 nitrogen and oxygen atoms in total. The van der Waals surface area contributed by atoms with Crippen LogP contribution in [0.4, 0.5) is 4.39 Å². The lowest BCUT2D eigenvalue weighted by atomic mass is 9.77. The summed E-state index contributed by atoms with van der Waals surface area (Å²) < 4.78 is 21.0. The number of hydrogen-bond acceptors (Lipinski definition) is 5. The number of halogens is 1. The van der Waals surface area contributed by atoms with Crippen molar-refractivity contribution in [3.63, 3.8) is 0 Å². The molecule has 2 aromatic rings. The predicted octanol–water partition coefficient (Wildman–Crippen LogP) is 2.84. The Morgan fingerprint density at radius 1 is 1.29 bits per heavy atom. The maximum absolute atomic E-state index is 13.7. The number of aromatic nitrogens is 4. The number of carbonyl (C=O) groups excluding carboxylic acids is 1. The van der Waals surface area contributed by atoms with Crippen LogP contribution in [0, 0.1) is 11.2 Å². The summed E-state index contributed by atoms with van der Waals surface area (Å²) in [6.07, 6.45) is 2.04. The van der Waals surface area contributed by atoms with Crippen LogP contribution in [0.15, 0.2) is 24.3 Å². The van der Waals surface area contributed by atoms with Crippen molar-refractivity contribution in [2.24, 2.45) is 5.41 Å². The smallest absolute Gasteiger partial charge is 0.229 e. The van der Waals surface area contributed by atoms with Gasteiger partial charge in [-0.3, -0.25) is 4.79 Å². The molecule has 2 fully saturated rings. The van der Waals surface area contributed by atoms with Gasteiger partial charge in [0.1, 0.15) is 5.82 Å². The highest BCUT2D eigenvalue weighted by molar-refractivity contribution is 5.85. The quantitative estimate of drug-likeness (QED) is 0.810. The molecule has 1 amide bonds. The highest BCUT2D eigenvalue weighted by atomic mass is 19.1. The van der Waals surface area contributed by atoms with E-state index in [0.717, 1.165) is 5.56 Å². The molecular formula is C20H26FN5O2. The van der Waals surface area contributed by atoms with Gasteiger partial charge in [-0.1, -0.05) is 12.1 Å². The maximum atomic E-state index is 13.7. The highest BCUT2D eigenvalue weighted by Gasteiger charge is 2.54. The molecule has 0 N–H and O–H groups in total. The van der Waals surface area contributed by atoms with Crippen molar-refractivity contribution >= 4 is 5.91 Å². The van der Waals surface area contributed by atoms with Gasteiger partial charge in [-0.25, -0.2) is 9.07 Å². The van der Waals surface area contributed by atoms with Gasteiger partial charge in [0.05, 0.1) is 17.0 Å². The monoisotopic (exact) mass is 387 g/mol. The molecule has 1 aromatic carbocycles. The minimum atomic E-state index is -0.453. The van der Waals surface area contributed by atoms with Gasteiger partial charge < -0.3 is 9.64 Å². The molecule has 3 heterocycles. The third-order valence-corrected chi connectivity index (χ3v) is 5.79. The average molecular weight is 387 g/mol. The fraction of sp³-hybridized carbons (Fsp3) is 0.600. The van der Waals surface area contributed by atoms with Crippen molar-refractivity contribution in [1.29, 1.82) is 0 Å². The number of benzene rings is 1. The molecule has 28 heavy (non-hydrogen) atoms. The van der Waals surface area contributed by atoms with E-state index in [0.29, 0.717) is 44.8 Å². The summed E-state index contributed by atoms with van der Waals surface area (Å²) in [6.45, 7) is 7.59. The Labute approximate surface area is 163 Å². The number of carbonyl (C=O) groups is 1. The topological polar surface area (TPSA) is 73.1 Å². The second kappa shape index (κ2) is 6.92. The van der Waals surface area contributed by atoms with Gasteiger partial charge in [0, 0.05) is 19.8 Å². The lowest BCUT2D eigenvalue weighted by Gasteiger charge is -2.31. The molecule has 4 rings (SSSR count). The first-order valence-corrected chi connectivity index (χ1v) is 9.72. The first-order chi connectivity index (χ1) is 13.3.